The third-order valence-electron chi connectivity index (χ3n) is 5.90. The van der Waals surface area contributed by atoms with E-state index in [-0.39, 0.29) is 23.8 Å². The van der Waals surface area contributed by atoms with Crippen LogP contribution in [0.5, 0.6) is 11.6 Å². The summed E-state index contributed by atoms with van der Waals surface area (Å²) in [6.07, 6.45) is 5.07. The smallest absolute Gasteiger partial charge is 0.228 e. The first-order valence-corrected chi connectivity index (χ1v) is 11.7. The maximum Gasteiger partial charge on any atom is 0.228 e. The van der Waals surface area contributed by atoms with Crippen molar-refractivity contribution in [1.82, 2.24) is 29.3 Å². The lowest BCUT2D eigenvalue weighted by atomic mass is 9.92. The van der Waals surface area contributed by atoms with Gasteiger partial charge in [0.05, 0.1) is 17.8 Å². The highest BCUT2D eigenvalue weighted by molar-refractivity contribution is 5.93. The molecule has 0 aliphatic heterocycles. The number of anilines is 3. The number of hydrogen-bond donors (Lipinski definition) is 2. The summed E-state index contributed by atoms with van der Waals surface area (Å²) < 4.78 is 9.53. The molecule has 1 aliphatic carbocycles. The van der Waals surface area contributed by atoms with Crippen molar-refractivity contribution in [3.63, 3.8) is 0 Å². The number of nitrogens with one attached hydrogen (secondary N) is 2. The molecule has 11 heteroatoms. The normalized spacial score (nSPS) is 13.4. The van der Waals surface area contributed by atoms with Gasteiger partial charge in [-0.2, -0.15) is 10.4 Å². The lowest BCUT2D eigenvalue weighted by molar-refractivity contribution is -0.117. The fourth-order valence-corrected chi connectivity index (χ4v) is 3.87. The highest BCUT2D eigenvalue weighted by Gasteiger charge is 2.29. The zero-order valence-corrected chi connectivity index (χ0v) is 20.6. The number of imidazole rings is 1. The van der Waals surface area contributed by atoms with Crippen LogP contribution in [-0.2, 0) is 23.8 Å². The van der Waals surface area contributed by atoms with Crippen molar-refractivity contribution in [2.45, 2.75) is 45.6 Å². The number of pyridine rings is 2. The summed E-state index contributed by atoms with van der Waals surface area (Å²) in [6, 6.07) is 9.27. The molecular weight excluding hydrogens is 458 g/mol. The molecule has 1 saturated carbocycles. The average molecular weight is 486 g/mol. The monoisotopic (exact) mass is 485 g/mol. The SMILES string of the molecule is Cn1c(Nc2cc(C(C)(C)C)n(CC#N)n2)nc2cnc(Oc3ccnc(NC(=O)C4CC4)c3)cc21. The Morgan fingerprint density at radius 2 is 2.03 bits per heavy atom. The van der Waals surface area contributed by atoms with E-state index in [9.17, 15) is 4.79 Å². The molecule has 0 spiro atoms. The molecule has 1 amide bonds. The van der Waals surface area contributed by atoms with Crippen molar-refractivity contribution in [1.29, 1.82) is 5.26 Å². The lowest BCUT2D eigenvalue weighted by Crippen LogP contribution is -2.18. The topological polar surface area (TPSA) is 136 Å². The number of ether oxygens (including phenoxy) is 1. The average Bonchev–Trinajstić information content (AvgIpc) is 3.53. The summed E-state index contributed by atoms with van der Waals surface area (Å²) in [6.45, 7) is 6.41. The van der Waals surface area contributed by atoms with Crippen LogP contribution >= 0.6 is 0 Å². The molecule has 1 fully saturated rings. The number of amides is 1. The van der Waals surface area contributed by atoms with Crippen molar-refractivity contribution in [2.75, 3.05) is 10.6 Å². The number of rotatable bonds is 7. The predicted molar refractivity (Wildman–Crippen MR) is 134 cm³/mol. The van der Waals surface area contributed by atoms with Gasteiger partial charge in [0.25, 0.3) is 0 Å². The van der Waals surface area contributed by atoms with E-state index < -0.39 is 0 Å². The van der Waals surface area contributed by atoms with Crippen molar-refractivity contribution in [3.8, 4) is 17.7 Å². The van der Waals surface area contributed by atoms with Crippen LogP contribution in [0.3, 0.4) is 0 Å². The largest absolute Gasteiger partial charge is 0.439 e. The van der Waals surface area contributed by atoms with Crippen LogP contribution in [0.25, 0.3) is 11.0 Å². The van der Waals surface area contributed by atoms with E-state index in [2.05, 4.69) is 57.5 Å². The van der Waals surface area contributed by atoms with E-state index in [1.807, 2.05) is 17.7 Å². The third kappa shape index (κ3) is 4.84. The number of aromatic nitrogens is 6. The minimum Gasteiger partial charge on any atom is -0.439 e. The third-order valence-corrected chi connectivity index (χ3v) is 5.90. The molecule has 0 bridgehead atoms. The van der Waals surface area contributed by atoms with Gasteiger partial charge in [0.1, 0.15) is 23.6 Å². The van der Waals surface area contributed by atoms with E-state index in [0.717, 1.165) is 24.1 Å². The van der Waals surface area contributed by atoms with Crippen molar-refractivity contribution in [2.24, 2.45) is 13.0 Å². The first-order valence-electron chi connectivity index (χ1n) is 11.7. The van der Waals surface area contributed by atoms with Gasteiger partial charge in [-0.1, -0.05) is 20.8 Å². The van der Waals surface area contributed by atoms with E-state index in [1.165, 1.54) is 0 Å². The summed E-state index contributed by atoms with van der Waals surface area (Å²) in [7, 11) is 1.89. The summed E-state index contributed by atoms with van der Waals surface area (Å²) in [5.74, 6) is 2.62. The molecule has 1 aliphatic rings. The highest BCUT2D eigenvalue weighted by atomic mass is 16.5. The minimum absolute atomic E-state index is 0.0128. The Labute approximate surface area is 208 Å². The molecule has 0 atom stereocenters. The van der Waals surface area contributed by atoms with E-state index in [0.29, 0.717) is 34.7 Å². The number of fused-ring (bicyclic) bond motifs is 1. The lowest BCUT2D eigenvalue weighted by Gasteiger charge is -2.18. The van der Waals surface area contributed by atoms with Crippen LogP contribution in [-0.4, -0.2) is 35.2 Å². The molecule has 0 saturated heterocycles. The minimum atomic E-state index is -0.167. The zero-order valence-electron chi connectivity index (χ0n) is 20.6. The first kappa shape index (κ1) is 23.3. The molecule has 36 heavy (non-hydrogen) atoms. The molecule has 0 radical (unpaired) electrons. The van der Waals surface area contributed by atoms with Crippen LogP contribution in [0.1, 0.15) is 39.3 Å². The number of hydrogen-bond acceptors (Lipinski definition) is 8. The number of nitrogens with zero attached hydrogens (tertiary/aromatic N) is 7. The zero-order chi connectivity index (χ0) is 25.4. The van der Waals surface area contributed by atoms with Crippen LogP contribution in [0.4, 0.5) is 17.6 Å². The van der Waals surface area contributed by atoms with Gasteiger partial charge in [-0.05, 0) is 18.9 Å². The van der Waals surface area contributed by atoms with Gasteiger partial charge >= 0.3 is 0 Å². The summed E-state index contributed by atoms with van der Waals surface area (Å²) in [5.41, 5.74) is 2.28. The van der Waals surface area contributed by atoms with Crippen LogP contribution < -0.4 is 15.4 Å². The molecule has 4 heterocycles. The van der Waals surface area contributed by atoms with Gasteiger partial charge < -0.3 is 19.9 Å². The second-order valence-electron chi connectivity index (χ2n) is 9.85. The molecule has 0 unspecified atom stereocenters. The molecule has 2 N–H and O–H groups in total. The number of carbonyl (C=O) groups excluding carboxylic acids is 1. The fraction of sp³-hybridized carbons (Fsp3) is 0.360. The maximum absolute atomic E-state index is 12.0. The Hall–Kier alpha value is -4.46. The van der Waals surface area contributed by atoms with E-state index in [4.69, 9.17) is 10.00 Å². The van der Waals surface area contributed by atoms with E-state index >= 15 is 0 Å². The molecule has 4 aromatic heterocycles. The van der Waals surface area contributed by atoms with Crippen molar-refractivity contribution < 1.29 is 9.53 Å². The predicted octanol–water partition coefficient (Wildman–Crippen LogP) is 4.27. The second kappa shape index (κ2) is 8.96. The maximum atomic E-state index is 12.0. The first-order chi connectivity index (χ1) is 17.2. The van der Waals surface area contributed by atoms with Gasteiger partial charge in [0.2, 0.25) is 17.7 Å². The molecule has 184 valence electrons. The van der Waals surface area contributed by atoms with Gasteiger partial charge in [-0.3, -0.25) is 9.48 Å². The van der Waals surface area contributed by atoms with Gasteiger partial charge in [0, 0.05) is 48.5 Å². The van der Waals surface area contributed by atoms with E-state index in [1.54, 1.807) is 35.3 Å². The van der Waals surface area contributed by atoms with Crippen LogP contribution in [0, 0.1) is 17.2 Å². The molecule has 0 aromatic carbocycles. The highest BCUT2D eigenvalue weighted by Crippen LogP contribution is 2.31. The van der Waals surface area contributed by atoms with Gasteiger partial charge in [-0.15, -0.1) is 0 Å². The number of carbonyl (C=O) groups is 1. The Morgan fingerprint density at radius 3 is 2.75 bits per heavy atom. The summed E-state index contributed by atoms with van der Waals surface area (Å²) >= 11 is 0. The van der Waals surface area contributed by atoms with Crippen molar-refractivity contribution in [3.05, 3.63) is 42.4 Å². The fourth-order valence-electron chi connectivity index (χ4n) is 3.87. The number of aryl methyl sites for hydroxylation is 1. The summed E-state index contributed by atoms with van der Waals surface area (Å²) in [5, 5.41) is 19.8. The quantitative estimate of drug-likeness (QED) is 0.396. The molecule has 5 rings (SSSR count). The van der Waals surface area contributed by atoms with Crippen molar-refractivity contribution >= 4 is 34.5 Å². The standard InChI is InChI=1S/C25H27N9O2/c1-25(2,3)19-13-21(32-34(19)10-8-26)31-24-29-17-14-28-22(12-18(17)33(24)4)36-16-7-9-27-20(11-16)30-23(35)15-5-6-15/h7,9,11-15H,5-6,10H2,1-4H3,(H,27,30,35)(H,29,31,32). The Morgan fingerprint density at radius 1 is 1.22 bits per heavy atom. The number of nitriles is 1. The Balaban J connectivity index is 1.36. The van der Waals surface area contributed by atoms with Crippen LogP contribution in [0.2, 0.25) is 0 Å². The molecule has 4 aromatic rings. The summed E-state index contributed by atoms with van der Waals surface area (Å²) in [4.78, 5) is 25.2. The second-order valence-corrected chi connectivity index (χ2v) is 9.85. The van der Waals surface area contributed by atoms with Crippen LogP contribution in [0.15, 0.2) is 36.7 Å². The molecular formula is C25H27N9O2. The Bertz CT molecular complexity index is 1490. The van der Waals surface area contributed by atoms with Gasteiger partial charge in [0.15, 0.2) is 5.82 Å². The Kier molecular flexibility index (Phi) is 5.80. The van der Waals surface area contributed by atoms with Gasteiger partial charge in [-0.25, -0.2) is 15.0 Å². The molecule has 11 nitrogen and oxygen atoms in total.